The van der Waals surface area contributed by atoms with Gasteiger partial charge < -0.3 is 14.6 Å². The van der Waals surface area contributed by atoms with Crippen LogP contribution in [0.3, 0.4) is 0 Å². The van der Waals surface area contributed by atoms with E-state index in [9.17, 15) is 9.90 Å². The van der Waals surface area contributed by atoms with Gasteiger partial charge in [0.2, 0.25) is 0 Å². The molecule has 2 aromatic carbocycles. The zero-order valence-electron chi connectivity index (χ0n) is 14.5. The molecule has 0 aromatic heterocycles. The molecule has 0 saturated carbocycles. The number of hydrogen-bond acceptors (Lipinski definition) is 5. The Morgan fingerprint density at radius 1 is 1.20 bits per heavy atom. The van der Waals surface area contributed by atoms with Gasteiger partial charge in [0, 0.05) is 5.56 Å². The summed E-state index contributed by atoms with van der Waals surface area (Å²) in [6.45, 7) is 4.07. The molecule has 0 aliphatic carbocycles. The Morgan fingerprint density at radius 2 is 1.88 bits per heavy atom. The molecule has 0 atom stereocenters. The molecule has 0 radical (unpaired) electrons. The number of benzene rings is 2. The highest BCUT2D eigenvalue weighted by Gasteiger charge is 2.04. The number of nitrogens with one attached hydrogen (secondary N) is 1. The van der Waals surface area contributed by atoms with Crippen LogP contribution < -0.4 is 14.9 Å². The van der Waals surface area contributed by atoms with E-state index in [0.717, 1.165) is 0 Å². The zero-order valence-corrected chi connectivity index (χ0v) is 14.5. The second-order valence-corrected chi connectivity index (χ2v) is 5.73. The summed E-state index contributed by atoms with van der Waals surface area (Å²) in [4.78, 5) is 11.8. The van der Waals surface area contributed by atoms with Gasteiger partial charge in [0.25, 0.3) is 5.91 Å². The molecule has 25 heavy (non-hydrogen) atoms. The maximum atomic E-state index is 11.8. The molecule has 132 valence electrons. The molecule has 2 N–H and O–H groups in total. The van der Waals surface area contributed by atoms with E-state index in [1.807, 2.05) is 24.3 Å². The van der Waals surface area contributed by atoms with Gasteiger partial charge in [-0.15, -0.1) is 0 Å². The molecule has 6 heteroatoms. The van der Waals surface area contributed by atoms with Crippen LogP contribution in [0.15, 0.2) is 47.6 Å². The fourth-order valence-corrected chi connectivity index (χ4v) is 2.07. The highest BCUT2D eigenvalue weighted by atomic mass is 16.5. The van der Waals surface area contributed by atoms with Crippen molar-refractivity contribution < 1.29 is 19.4 Å². The SMILES string of the molecule is COc1ccc(O)c(C=NNC(=O)COc2ccc(C(C)C)cc2)c1. The molecule has 0 bridgehead atoms. The number of ether oxygens (including phenoxy) is 2. The number of carbonyl (C=O) groups is 1. The van der Waals surface area contributed by atoms with Crippen molar-refractivity contribution in [3.8, 4) is 17.2 Å². The average molecular weight is 342 g/mol. The second-order valence-electron chi connectivity index (χ2n) is 5.73. The van der Waals surface area contributed by atoms with Gasteiger partial charge in [0.1, 0.15) is 17.2 Å². The minimum Gasteiger partial charge on any atom is -0.507 e. The van der Waals surface area contributed by atoms with E-state index in [-0.39, 0.29) is 12.4 Å². The first-order chi connectivity index (χ1) is 12.0. The third kappa shape index (κ3) is 5.53. The fourth-order valence-electron chi connectivity index (χ4n) is 2.07. The van der Waals surface area contributed by atoms with Gasteiger partial charge in [-0.3, -0.25) is 4.79 Å². The predicted octanol–water partition coefficient (Wildman–Crippen LogP) is 3.05. The van der Waals surface area contributed by atoms with E-state index in [4.69, 9.17) is 9.47 Å². The lowest BCUT2D eigenvalue weighted by molar-refractivity contribution is -0.123. The molecular formula is C19H22N2O4. The molecule has 2 rings (SSSR count). The quantitative estimate of drug-likeness (QED) is 0.599. The number of carbonyl (C=O) groups excluding carboxylic acids is 1. The third-order valence-corrected chi connectivity index (χ3v) is 3.54. The number of nitrogens with zero attached hydrogens (tertiary/aromatic N) is 1. The van der Waals surface area contributed by atoms with Crippen molar-refractivity contribution in [2.75, 3.05) is 13.7 Å². The van der Waals surface area contributed by atoms with E-state index >= 15 is 0 Å². The van der Waals surface area contributed by atoms with Gasteiger partial charge in [0.15, 0.2) is 6.61 Å². The van der Waals surface area contributed by atoms with Crippen LogP contribution in [0.25, 0.3) is 0 Å². The lowest BCUT2D eigenvalue weighted by Gasteiger charge is -2.08. The molecule has 0 aliphatic heterocycles. The van der Waals surface area contributed by atoms with Gasteiger partial charge in [-0.05, 0) is 41.8 Å². The van der Waals surface area contributed by atoms with Crippen molar-refractivity contribution >= 4 is 12.1 Å². The summed E-state index contributed by atoms with van der Waals surface area (Å²) >= 11 is 0. The number of phenols is 1. The lowest BCUT2D eigenvalue weighted by atomic mass is 10.0. The lowest BCUT2D eigenvalue weighted by Crippen LogP contribution is -2.24. The molecule has 1 amide bonds. The molecule has 6 nitrogen and oxygen atoms in total. The smallest absolute Gasteiger partial charge is 0.277 e. The standard InChI is InChI=1S/C19H22N2O4/c1-13(2)14-4-6-16(7-5-14)25-12-19(23)21-20-11-15-10-17(24-3)8-9-18(15)22/h4-11,13,22H,12H2,1-3H3,(H,21,23). The van der Waals surface area contributed by atoms with Gasteiger partial charge in [-0.2, -0.15) is 5.10 Å². The molecule has 0 spiro atoms. The van der Waals surface area contributed by atoms with Gasteiger partial charge in [-0.1, -0.05) is 26.0 Å². The van der Waals surface area contributed by atoms with Gasteiger partial charge in [-0.25, -0.2) is 5.43 Å². The Balaban J connectivity index is 1.84. The predicted molar refractivity (Wildman–Crippen MR) is 96.4 cm³/mol. The van der Waals surface area contributed by atoms with E-state index in [1.165, 1.54) is 25.0 Å². The van der Waals surface area contributed by atoms with Crippen molar-refractivity contribution in [3.05, 3.63) is 53.6 Å². The first kappa shape index (κ1) is 18.3. The summed E-state index contributed by atoms with van der Waals surface area (Å²) < 4.78 is 10.5. The fraction of sp³-hybridized carbons (Fsp3) is 0.263. The first-order valence-corrected chi connectivity index (χ1v) is 7.91. The van der Waals surface area contributed by atoms with Crippen molar-refractivity contribution in [2.45, 2.75) is 19.8 Å². The Labute approximate surface area is 147 Å². The molecule has 0 aliphatic rings. The summed E-state index contributed by atoms with van der Waals surface area (Å²) in [6.07, 6.45) is 1.34. The maximum Gasteiger partial charge on any atom is 0.277 e. The molecule has 0 saturated heterocycles. The Bertz CT molecular complexity index is 740. The normalized spacial score (nSPS) is 10.9. The number of hydrogen-bond donors (Lipinski definition) is 2. The van der Waals surface area contributed by atoms with Crippen molar-refractivity contribution in [2.24, 2.45) is 5.10 Å². The van der Waals surface area contributed by atoms with Gasteiger partial charge in [0.05, 0.1) is 13.3 Å². The number of rotatable bonds is 7. The second kappa shape index (κ2) is 8.73. The minimum absolute atomic E-state index is 0.0419. The van der Waals surface area contributed by atoms with E-state index < -0.39 is 5.91 Å². The Kier molecular flexibility index (Phi) is 6.39. The third-order valence-electron chi connectivity index (χ3n) is 3.54. The van der Waals surface area contributed by atoms with Crippen LogP contribution in [-0.4, -0.2) is 30.9 Å². The van der Waals surface area contributed by atoms with Crippen LogP contribution >= 0.6 is 0 Å². The Hall–Kier alpha value is -3.02. The van der Waals surface area contributed by atoms with E-state index in [2.05, 4.69) is 24.4 Å². The van der Waals surface area contributed by atoms with E-state index in [1.54, 1.807) is 12.1 Å². The first-order valence-electron chi connectivity index (χ1n) is 7.91. The molecule has 0 heterocycles. The number of hydrazone groups is 1. The largest absolute Gasteiger partial charge is 0.507 e. The Morgan fingerprint density at radius 3 is 2.52 bits per heavy atom. The summed E-state index contributed by atoms with van der Waals surface area (Å²) in [6, 6.07) is 12.3. The van der Waals surface area contributed by atoms with Crippen molar-refractivity contribution in [3.63, 3.8) is 0 Å². The van der Waals surface area contributed by atoms with Crippen LogP contribution in [0, 0.1) is 0 Å². The summed E-state index contributed by atoms with van der Waals surface area (Å²) in [5, 5.41) is 13.5. The summed E-state index contributed by atoms with van der Waals surface area (Å²) in [5.41, 5.74) is 3.99. The molecule has 0 unspecified atom stereocenters. The zero-order chi connectivity index (χ0) is 18.2. The minimum atomic E-state index is -0.397. The van der Waals surface area contributed by atoms with Crippen molar-refractivity contribution in [1.82, 2.24) is 5.43 Å². The van der Waals surface area contributed by atoms with E-state index in [0.29, 0.717) is 23.0 Å². The number of methoxy groups -OCH3 is 1. The number of aromatic hydroxyl groups is 1. The highest BCUT2D eigenvalue weighted by Crippen LogP contribution is 2.21. The maximum absolute atomic E-state index is 11.8. The number of phenolic OH excluding ortho intramolecular Hbond substituents is 1. The van der Waals surface area contributed by atoms with Crippen LogP contribution in [0.1, 0.15) is 30.9 Å². The van der Waals surface area contributed by atoms with Crippen LogP contribution in [0.5, 0.6) is 17.2 Å². The van der Waals surface area contributed by atoms with Crippen LogP contribution in [0.4, 0.5) is 0 Å². The van der Waals surface area contributed by atoms with Crippen LogP contribution in [0.2, 0.25) is 0 Å². The topological polar surface area (TPSA) is 80.2 Å². The monoisotopic (exact) mass is 342 g/mol. The molecule has 2 aromatic rings. The highest BCUT2D eigenvalue weighted by molar-refractivity contribution is 5.85. The van der Waals surface area contributed by atoms with Gasteiger partial charge >= 0.3 is 0 Å². The van der Waals surface area contributed by atoms with Crippen LogP contribution in [-0.2, 0) is 4.79 Å². The molecular weight excluding hydrogens is 320 g/mol. The summed E-state index contributed by atoms with van der Waals surface area (Å²) in [7, 11) is 1.53. The molecule has 0 fully saturated rings. The number of amides is 1. The summed E-state index contributed by atoms with van der Waals surface area (Å²) in [5.74, 6) is 1.29. The van der Waals surface area contributed by atoms with Crippen molar-refractivity contribution in [1.29, 1.82) is 0 Å². The average Bonchev–Trinajstić information content (AvgIpc) is 2.62.